The van der Waals surface area contributed by atoms with Crippen molar-refractivity contribution in [2.45, 2.75) is 31.7 Å². The van der Waals surface area contributed by atoms with Crippen LogP contribution in [0.3, 0.4) is 0 Å². The van der Waals surface area contributed by atoms with E-state index >= 15 is 0 Å². The van der Waals surface area contributed by atoms with Crippen molar-refractivity contribution in [1.82, 2.24) is 0 Å². The molecular weight excluding hydrogens is 240 g/mol. The molecule has 2 rings (SSSR count). The summed E-state index contributed by atoms with van der Waals surface area (Å²) in [6.45, 7) is 1.00. The number of nitrogens with two attached hydrogens (primary N) is 1. The second-order valence-electron chi connectivity index (χ2n) is 5.23. The van der Waals surface area contributed by atoms with Crippen molar-refractivity contribution in [3.8, 4) is 11.5 Å². The van der Waals surface area contributed by atoms with Crippen LogP contribution in [0.25, 0.3) is 0 Å². The Morgan fingerprint density at radius 3 is 2.42 bits per heavy atom. The van der Waals surface area contributed by atoms with Gasteiger partial charge in [0, 0.05) is 24.3 Å². The van der Waals surface area contributed by atoms with E-state index in [4.69, 9.17) is 15.2 Å². The van der Waals surface area contributed by atoms with E-state index in [9.17, 15) is 0 Å². The number of anilines is 1. The summed E-state index contributed by atoms with van der Waals surface area (Å²) >= 11 is 0. The molecule has 19 heavy (non-hydrogen) atoms. The molecule has 4 nitrogen and oxygen atoms in total. The smallest absolute Gasteiger partial charge is 0.162 e. The van der Waals surface area contributed by atoms with Gasteiger partial charge in [0.05, 0.1) is 14.2 Å². The molecule has 1 saturated carbocycles. The minimum atomic E-state index is 0.414. The van der Waals surface area contributed by atoms with Gasteiger partial charge in [0.25, 0.3) is 0 Å². The SMILES string of the molecule is COc1ccc(NCC2CCC(N)CC2)cc1OC. The number of methoxy groups -OCH3 is 2. The average molecular weight is 264 g/mol. The summed E-state index contributed by atoms with van der Waals surface area (Å²) in [6, 6.07) is 6.35. The van der Waals surface area contributed by atoms with Gasteiger partial charge >= 0.3 is 0 Å². The fraction of sp³-hybridized carbons (Fsp3) is 0.600. The highest BCUT2D eigenvalue weighted by Gasteiger charge is 2.18. The number of ether oxygens (including phenoxy) is 2. The van der Waals surface area contributed by atoms with Crippen molar-refractivity contribution in [2.24, 2.45) is 11.7 Å². The summed E-state index contributed by atoms with van der Waals surface area (Å²) in [5, 5.41) is 3.48. The summed E-state index contributed by atoms with van der Waals surface area (Å²) in [4.78, 5) is 0. The third kappa shape index (κ3) is 3.77. The van der Waals surface area contributed by atoms with Crippen LogP contribution in [0.15, 0.2) is 18.2 Å². The van der Waals surface area contributed by atoms with Crippen LogP contribution in [0.4, 0.5) is 5.69 Å². The maximum absolute atomic E-state index is 5.92. The molecule has 0 saturated heterocycles. The van der Waals surface area contributed by atoms with Gasteiger partial charge < -0.3 is 20.5 Å². The predicted octanol–water partition coefficient (Wildman–Crippen LogP) is 2.63. The normalized spacial score (nSPS) is 22.9. The van der Waals surface area contributed by atoms with Crippen LogP contribution in [0.5, 0.6) is 11.5 Å². The maximum atomic E-state index is 5.92. The van der Waals surface area contributed by atoms with Crippen LogP contribution in [0.1, 0.15) is 25.7 Å². The molecule has 1 aromatic rings. The summed E-state index contributed by atoms with van der Waals surface area (Å²) in [5.41, 5.74) is 7.00. The van der Waals surface area contributed by atoms with Gasteiger partial charge in [0.2, 0.25) is 0 Å². The molecule has 0 spiro atoms. The summed E-state index contributed by atoms with van der Waals surface area (Å²) in [7, 11) is 3.31. The van der Waals surface area contributed by atoms with Gasteiger partial charge in [-0.1, -0.05) is 0 Å². The van der Waals surface area contributed by atoms with Crippen molar-refractivity contribution in [3.05, 3.63) is 18.2 Å². The zero-order valence-corrected chi connectivity index (χ0v) is 11.8. The molecule has 0 aromatic heterocycles. The van der Waals surface area contributed by atoms with Gasteiger partial charge in [-0.05, 0) is 43.7 Å². The van der Waals surface area contributed by atoms with Gasteiger partial charge in [-0.3, -0.25) is 0 Å². The highest BCUT2D eigenvalue weighted by molar-refractivity contribution is 5.54. The van der Waals surface area contributed by atoms with E-state index in [0.717, 1.165) is 42.5 Å². The maximum Gasteiger partial charge on any atom is 0.162 e. The van der Waals surface area contributed by atoms with Gasteiger partial charge in [-0.25, -0.2) is 0 Å². The van der Waals surface area contributed by atoms with Crippen molar-refractivity contribution in [2.75, 3.05) is 26.1 Å². The van der Waals surface area contributed by atoms with Crippen LogP contribution in [-0.4, -0.2) is 26.8 Å². The summed E-state index contributed by atoms with van der Waals surface area (Å²) in [5.74, 6) is 2.25. The Morgan fingerprint density at radius 2 is 1.79 bits per heavy atom. The molecule has 1 aliphatic rings. The van der Waals surface area contributed by atoms with Crippen LogP contribution >= 0.6 is 0 Å². The first-order valence-corrected chi connectivity index (χ1v) is 6.94. The van der Waals surface area contributed by atoms with E-state index in [2.05, 4.69) is 5.32 Å². The summed E-state index contributed by atoms with van der Waals surface area (Å²) in [6.07, 6.45) is 4.75. The van der Waals surface area contributed by atoms with Crippen LogP contribution < -0.4 is 20.5 Å². The van der Waals surface area contributed by atoms with E-state index in [1.807, 2.05) is 18.2 Å². The van der Waals surface area contributed by atoms with Crippen LogP contribution in [0.2, 0.25) is 0 Å². The van der Waals surface area contributed by atoms with Gasteiger partial charge in [0.15, 0.2) is 11.5 Å². The number of hydrogen-bond donors (Lipinski definition) is 2. The molecule has 0 unspecified atom stereocenters. The Bertz CT molecular complexity index is 401. The third-order valence-corrected chi connectivity index (χ3v) is 3.87. The Hall–Kier alpha value is -1.42. The van der Waals surface area contributed by atoms with Crippen molar-refractivity contribution in [1.29, 1.82) is 0 Å². The zero-order chi connectivity index (χ0) is 13.7. The fourth-order valence-corrected chi connectivity index (χ4v) is 2.60. The number of hydrogen-bond acceptors (Lipinski definition) is 4. The second kappa shape index (κ2) is 6.66. The fourth-order valence-electron chi connectivity index (χ4n) is 2.60. The first-order chi connectivity index (χ1) is 9.22. The lowest BCUT2D eigenvalue weighted by Gasteiger charge is -2.26. The monoisotopic (exact) mass is 264 g/mol. The summed E-state index contributed by atoms with van der Waals surface area (Å²) < 4.78 is 10.5. The Morgan fingerprint density at radius 1 is 1.11 bits per heavy atom. The molecule has 1 fully saturated rings. The van der Waals surface area contributed by atoms with Gasteiger partial charge in [-0.15, -0.1) is 0 Å². The molecule has 0 amide bonds. The van der Waals surface area contributed by atoms with E-state index < -0.39 is 0 Å². The minimum Gasteiger partial charge on any atom is -0.493 e. The lowest BCUT2D eigenvalue weighted by Crippen LogP contribution is -2.29. The third-order valence-electron chi connectivity index (χ3n) is 3.87. The highest BCUT2D eigenvalue weighted by atomic mass is 16.5. The van der Waals surface area contributed by atoms with Crippen LogP contribution in [-0.2, 0) is 0 Å². The van der Waals surface area contributed by atoms with Gasteiger partial charge in [0.1, 0.15) is 0 Å². The predicted molar refractivity (Wildman–Crippen MR) is 78.0 cm³/mol. The molecular formula is C15H24N2O2. The highest BCUT2D eigenvalue weighted by Crippen LogP contribution is 2.30. The molecule has 0 radical (unpaired) electrons. The molecule has 4 heteroatoms. The van der Waals surface area contributed by atoms with Crippen molar-refractivity contribution < 1.29 is 9.47 Å². The number of nitrogens with one attached hydrogen (secondary N) is 1. The lowest BCUT2D eigenvalue weighted by atomic mass is 9.86. The second-order valence-corrected chi connectivity index (χ2v) is 5.23. The standard InChI is InChI=1S/C15H24N2O2/c1-18-14-8-7-13(9-15(14)19-2)17-10-11-3-5-12(16)6-4-11/h7-9,11-12,17H,3-6,10,16H2,1-2H3. The first kappa shape index (κ1) is 14.0. The topological polar surface area (TPSA) is 56.5 Å². The minimum absolute atomic E-state index is 0.414. The van der Waals surface area contributed by atoms with Crippen molar-refractivity contribution in [3.63, 3.8) is 0 Å². The average Bonchev–Trinajstić information content (AvgIpc) is 2.46. The van der Waals surface area contributed by atoms with E-state index in [0.29, 0.717) is 6.04 Å². The molecule has 1 aliphatic carbocycles. The van der Waals surface area contributed by atoms with Crippen LogP contribution in [0, 0.1) is 5.92 Å². The lowest BCUT2D eigenvalue weighted by molar-refractivity contribution is 0.338. The quantitative estimate of drug-likeness (QED) is 0.858. The molecule has 1 aromatic carbocycles. The molecule has 0 atom stereocenters. The molecule has 0 heterocycles. The molecule has 0 bridgehead atoms. The van der Waals surface area contributed by atoms with E-state index in [1.54, 1.807) is 14.2 Å². The number of benzene rings is 1. The number of rotatable bonds is 5. The van der Waals surface area contributed by atoms with E-state index in [1.165, 1.54) is 12.8 Å². The molecule has 0 aliphatic heterocycles. The zero-order valence-electron chi connectivity index (χ0n) is 11.8. The van der Waals surface area contributed by atoms with Gasteiger partial charge in [-0.2, -0.15) is 0 Å². The Labute approximate surface area is 115 Å². The van der Waals surface area contributed by atoms with Crippen molar-refractivity contribution >= 4 is 5.69 Å². The Kier molecular flexibility index (Phi) is 4.91. The van der Waals surface area contributed by atoms with E-state index in [-0.39, 0.29) is 0 Å². The first-order valence-electron chi connectivity index (χ1n) is 6.94. The molecule has 106 valence electrons. The molecule has 3 N–H and O–H groups in total. The Balaban J connectivity index is 1.89. The largest absolute Gasteiger partial charge is 0.493 e.